The van der Waals surface area contributed by atoms with Crippen molar-refractivity contribution in [1.29, 1.82) is 0 Å². The molecule has 2 atom stereocenters. The highest BCUT2D eigenvalue weighted by molar-refractivity contribution is 7.84. The van der Waals surface area contributed by atoms with Gasteiger partial charge in [-0.25, -0.2) is 18.7 Å². The van der Waals surface area contributed by atoms with Crippen molar-refractivity contribution in [2.75, 3.05) is 42.3 Å². The smallest absolute Gasteiger partial charge is 0.190 e. The van der Waals surface area contributed by atoms with Crippen LogP contribution >= 0.6 is 0 Å². The van der Waals surface area contributed by atoms with Crippen LogP contribution in [0.25, 0.3) is 0 Å². The minimum Gasteiger partial charge on any atom is -0.354 e. The first-order valence-corrected chi connectivity index (χ1v) is 12.9. The van der Waals surface area contributed by atoms with E-state index in [1.165, 1.54) is 0 Å². The highest BCUT2D eigenvalue weighted by atomic mass is 32.2. The highest BCUT2D eigenvalue weighted by Gasteiger charge is 2.32. The van der Waals surface area contributed by atoms with Crippen LogP contribution in [0.1, 0.15) is 36.5 Å². The first-order chi connectivity index (χ1) is 15.8. The molecule has 33 heavy (non-hydrogen) atoms. The lowest BCUT2D eigenvalue weighted by Gasteiger charge is -2.47. The molecule has 2 unspecified atom stereocenters. The van der Waals surface area contributed by atoms with Crippen molar-refractivity contribution in [2.45, 2.75) is 52.2 Å². The van der Waals surface area contributed by atoms with Crippen molar-refractivity contribution < 1.29 is 8.60 Å². The predicted octanol–water partition coefficient (Wildman–Crippen LogP) is 2.96. The van der Waals surface area contributed by atoms with Crippen molar-refractivity contribution in [3.63, 3.8) is 0 Å². The van der Waals surface area contributed by atoms with Crippen molar-refractivity contribution in [1.82, 2.24) is 14.8 Å². The zero-order valence-electron chi connectivity index (χ0n) is 19.8. The maximum Gasteiger partial charge on any atom is 0.190 e. The van der Waals surface area contributed by atoms with Gasteiger partial charge in [-0.05, 0) is 70.0 Å². The summed E-state index contributed by atoms with van der Waals surface area (Å²) in [5.74, 6) is 0.885. The van der Waals surface area contributed by atoms with E-state index < -0.39 is 11.2 Å². The van der Waals surface area contributed by atoms with E-state index >= 15 is 0 Å². The van der Waals surface area contributed by atoms with Gasteiger partial charge in [0.2, 0.25) is 0 Å². The summed E-state index contributed by atoms with van der Waals surface area (Å²) in [5.41, 5.74) is 3.47. The Bertz CT molecular complexity index is 997. The lowest BCUT2D eigenvalue weighted by Crippen LogP contribution is -2.57. The maximum absolute atomic E-state index is 14.2. The average molecular weight is 475 g/mol. The fourth-order valence-electron chi connectivity index (χ4n) is 5.21. The number of hydrogen-bond donors (Lipinski definition) is 2. The lowest BCUT2D eigenvalue weighted by atomic mass is 9.99. The summed E-state index contributed by atoms with van der Waals surface area (Å²) < 4.78 is 28.1. The molecule has 1 aromatic carbocycles. The largest absolute Gasteiger partial charge is 0.354 e. The average Bonchev–Trinajstić information content (AvgIpc) is 2.76. The number of nitrogens with zero attached hydrogens (tertiary/aromatic N) is 4. The van der Waals surface area contributed by atoms with Crippen LogP contribution in [0.15, 0.2) is 30.5 Å². The Morgan fingerprint density at radius 2 is 1.94 bits per heavy atom. The second kappa shape index (κ2) is 10.5. The normalized spacial score (nSPS) is 21.8. The number of nitrogens with two attached hydrogens (primary N) is 1. The Morgan fingerprint density at radius 3 is 2.58 bits per heavy atom. The van der Waals surface area contributed by atoms with Crippen LogP contribution in [0, 0.1) is 19.7 Å². The van der Waals surface area contributed by atoms with E-state index in [1.807, 2.05) is 32.0 Å². The van der Waals surface area contributed by atoms with Gasteiger partial charge in [-0.1, -0.05) is 12.1 Å². The summed E-state index contributed by atoms with van der Waals surface area (Å²) in [5, 5.41) is 5.32. The molecular weight excluding hydrogens is 439 g/mol. The lowest BCUT2D eigenvalue weighted by molar-refractivity contribution is 0.0687. The summed E-state index contributed by atoms with van der Waals surface area (Å²) in [4.78, 5) is 12.0. The summed E-state index contributed by atoms with van der Waals surface area (Å²) in [6, 6.07) is 8.49. The monoisotopic (exact) mass is 474 g/mol. The quantitative estimate of drug-likeness (QED) is 0.673. The number of piperidine rings is 1. The van der Waals surface area contributed by atoms with Gasteiger partial charge >= 0.3 is 0 Å². The summed E-state index contributed by atoms with van der Waals surface area (Å²) >= 11 is -1.60. The fraction of sp³-hybridized carbons (Fsp3) is 0.542. The van der Waals surface area contributed by atoms with Crippen LogP contribution in [-0.2, 0) is 17.7 Å². The van der Waals surface area contributed by atoms with Gasteiger partial charge in [-0.15, -0.1) is 0 Å². The van der Waals surface area contributed by atoms with E-state index in [0.29, 0.717) is 24.3 Å². The summed E-state index contributed by atoms with van der Waals surface area (Å²) in [6.07, 6.45) is 3.92. The van der Waals surface area contributed by atoms with Gasteiger partial charge in [0.15, 0.2) is 11.2 Å². The fourth-order valence-corrected chi connectivity index (χ4v) is 5.55. The minimum absolute atomic E-state index is 0.0918. The van der Waals surface area contributed by atoms with Gasteiger partial charge in [0.05, 0.1) is 11.9 Å². The molecule has 2 fully saturated rings. The van der Waals surface area contributed by atoms with E-state index in [-0.39, 0.29) is 5.82 Å². The van der Waals surface area contributed by atoms with Gasteiger partial charge in [0.1, 0.15) is 11.6 Å². The SMILES string of the molecule is Cc1ccc(CN2CCC(N3CCN(c4ncc(NS(N)=O)cc4C)CC3C)CC2)c(F)c1. The Labute approximate surface area is 198 Å². The number of halogens is 1. The van der Waals surface area contributed by atoms with Gasteiger partial charge in [-0.3, -0.25) is 14.5 Å². The first-order valence-electron chi connectivity index (χ1n) is 11.7. The molecular formula is C24H35FN6OS. The molecule has 3 N–H and O–H groups in total. The highest BCUT2D eigenvalue weighted by Crippen LogP contribution is 2.27. The molecule has 0 radical (unpaired) electrons. The van der Waals surface area contributed by atoms with E-state index in [1.54, 1.807) is 12.3 Å². The number of likely N-dealkylation sites (tertiary alicyclic amines) is 1. The predicted molar refractivity (Wildman–Crippen MR) is 133 cm³/mol. The number of rotatable bonds is 6. The molecule has 2 aliphatic heterocycles. The Morgan fingerprint density at radius 1 is 1.18 bits per heavy atom. The summed E-state index contributed by atoms with van der Waals surface area (Å²) in [7, 11) is 0. The third-order valence-electron chi connectivity index (χ3n) is 6.88. The number of aromatic nitrogens is 1. The standard InChI is InChI=1S/C24H35FN6OS/c1-17-4-5-20(23(25)12-17)16-29-8-6-22(7-9-29)31-11-10-30(15-19(31)3)24-18(2)13-21(14-27-24)28-33(26)32/h4-5,12-14,19,22,28H,6-11,15-16,26H2,1-3H3. The molecule has 3 heterocycles. The number of aryl methyl sites for hydroxylation is 2. The van der Waals surface area contributed by atoms with Crippen LogP contribution in [0.5, 0.6) is 0 Å². The van der Waals surface area contributed by atoms with Crippen molar-refractivity contribution in [3.8, 4) is 0 Å². The molecule has 2 saturated heterocycles. The van der Waals surface area contributed by atoms with Crippen molar-refractivity contribution >= 4 is 22.7 Å². The first kappa shape index (κ1) is 24.1. The molecule has 2 aromatic rings. The summed E-state index contributed by atoms with van der Waals surface area (Å²) in [6.45, 7) is 11.8. The Balaban J connectivity index is 1.30. The van der Waals surface area contributed by atoms with E-state index in [2.05, 4.69) is 31.3 Å². The zero-order valence-corrected chi connectivity index (χ0v) is 20.6. The third-order valence-corrected chi connectivity index (χ3v) is 7.31. The zero-order chi connectivity index (χ0) is 23.5. The molecule has 0 amide bonds. The number of nitrogens with one attached hydrogen (secondary N) is 1. The molecule has 2 aliphatic rings. The molecule has 9 heteroatoms. The molecule has 0 saturated carbocycles. The van der Waals surface area contributed by atoms with Crippen LogP contribution in [0.2, 0.25) is 0 Å². The second-order valence-corrected chi connectivity index (χ2v) is 10.2. The van der Waals surface area contributed by atoms with E-state index in [4.69, 9.17) is 5.14 Å². The van der Waals surface area contributed by atoms with Crippen LogP contribution in [-0.4, -0.2) is 63.8 Å². The van der Waals surface area contributed by atoms with E-state index in [9.17, 15) is 8.60 Å². The van der Waals surface area contributed by atoms with Gasteiger partial charge in [0, 0.05) is 43.8 Å². The number of hydrogen-bond acceptors (Lipinski definition) is 5. The Kier molecular flexibility index (Phi) is 7.63. The molecule has 1 aromatic heterocycles. The van der Waals surface area contributed by atoms with Gasteiger partial charge in [0.25, 0.3) is 0 Å². The molecule has 4 rings (SSSR count). The number of benzene rings is 1. The molecule has 7 nitrogen and oxygen atoms in total. The van der Waals surface area contributed by atoms with E-state index in [0.717, 1.165) is 68.1 Å². The second-order valence-electron chi connectivity index (χ2n) is 9.40. The number of piperazine rings is 1. The third kappa shape index (κ3) is 5.90. The van der Waals surface area contributed by atoms with Crippen LogP contribution < -0.4 is 14.8 Å². The van der Waals surface area contributed by atoms with Crippen molar-refractivity contribution in [3.05, 3.63) is 53.0 Å². The minimum atomic E-state index is -1.60. The molecule has 0 aliphatic carbocycles. The van der Waals surface area contributed by atoms with Gasteiger partial charge in [-0.2, -0.15) is 0 Å². The Hall–Kier alpha value is -2.07. The van der Waals surface area contributed by atoms with Crippen LogP contribution in [0.4, 0.5) is 15.9 Å². The maximum atomic E-state index is 14.2. The topological polar surface area (TPSA) is 77.7 Å². The molecule has 0 bridgehead atoms. The molecule has 0 spiro atoms. The molecule has 180 valence electrons. The number of anilines is 2. The van der Waals surface area contributed by atoms with Gasteiger partial charge < -0.3 is 4.90 Å². The van der Waals surface area contributed by atoms with Crippen LogP contribution in [0.3, 0.4) is 0 Å². The van der Waals surface area contributed by atoms with Crippen molar-refractivity contribution in [2.24, 2.45) is 5.14 Å². The number of pyridine rings is 1.